The Hall–Kier alpha value is -2.67. The molecular weight excluding hydrogens is 397 g/mol. The van der Waals surface area contributed by atoms with Crippen LogP contribution in [0.2, 0.25) is 0 Å². The van der Waals surface area contributed by atoms with E-state index in [2.05, 4.69) is 10.3 Å². The molecule has 0 saturated carbocycles. The maximum absolute atomic E-state index is 12.6. The summed E-state index contributed by atoms with van der Waals surface area (Å²) in [5, 5.41) is 5.43. The van der Waals surface area contributed by atoms with Gasteiger partial charge in [0.2, 0.25) is 5.91 Å². The largest absolute Gasteiger partial charge is 0.416 e. The van der Waals surface area contributed by atoms with E-state index in [0.29, 0.717) is 30.0 Å². The van der Waals surface area contributed by atoms with E-state index in [1.807, 2.05) is 35.7 Å². The van der Waals surface area contributed by atoms with Crippen LogP contribution in [0.1, 0.15) is 29.7 Å². The molecule has 0 aliphatic rings. The van der Waals surface area contributed by atoms with E-state index in [1.54, 1.807) is 0 Å². The summed E-state index contributed by atoms with van der Waals surface area (Å²) in [6, 6.07) is 15.0. The third kappa shape index (κ3) is 6.42. The fourth-order valence-corrected chi connectivity index (χ4v) is 3.73. The zero-order chi connectivity index (χ0) is 20.7. The number of carbonyl (C=O) groups excluding carboxylic acids is 1. The fraction of sp³-hybridized carbons (Fsp3) is 0.273. The van der Waals surface area contributed by atoms with Gasteiger partial charge >= 0.3 is 6.18 Å². The molecule has 0 unspecified atom stereocenters. The predicted octanol–water partition coefficient (Wildman–Crippen LogP) is 5.51. The maximum atomic E-state index is 12.6. The molecule has 0 aliphatic carbocycles. The van der Waals surface area contributed by atoms with Gasteiger partial charge < -0.3 is 5.32 Å². The van der Waals surface area contributed by atoms with Gasteiger partial charge in [0.05, 0.1) is 11.3 Å². The first-order chi connectivity index (χ1) is 13.9. The Balaban J connectivity index is 1.41. The Labute approximate surface area is 171 Å². The van der Waals surface area contributed by atoms with Crippen molar-refractivity contribution in [1.29, 1.82) is 0 Å². The third-order valence-electron chi connectivity index (χ3n) is 4.43. The number of alkyl halides is 3. The number of carbonyl (C=O) groups is 1. The van der Waals surface area contributed by atoms with Crippen molar-refractivity contribution in [1.82, 2.24) is 10.3 Å². The molecular formula is C22H21F3N2OS. The summed E-state index contributed by atoms with van der Waals surface area (Å²) in [6.07, 6.45) is -1.61. The summed E-state index contributed by atoms with van der Waals surface area (Å²) in [5.74, 6) is 0.0131. The van der Waals surface area contributed by atoms with Crippen molar-refractivity contribution in [2.45, 2.75) is 31.9 Å². The lowest BCUT2D eigenvalue weighted by Crippen LogP contribution is -2.25. The normalized spacial score (nSPS) is 11.4. The fourth-order valence-electron chi connectivity index (χ4n) is 2.87. The first-order valence-corrected chi connectivity index (χ1v) is 10.2. The Morgan fingerprint density at radius 1 is 1.00 bits per heavy atom. The van der Waals surface area contributed by atoms with Crippen LogP contribution >= 0.6 is 11.3 Å². The second-order valence-corrected chi connectivity index (χ2v) is 7.52. The molecule has 3 rings (SSSR count). The molecule has 0 spiro atoms. The minimum absolute atomic E-state index is 0.0131. The number of rotatable bonds is 8. The number of nitrogens with one attached hydrogen (secondary N) is 1. The van der Waals surface area contributed by atoms with E-state index >= 15 is 0 Å². The van der Waals surface area contributed by atoms with E-state index < -0.39 is 11.7 Å². The number of hydrogen-bond donors (Lipinski definition) is 1. The number of thiazole rings is 1. The molecule has 1 heterocycles. The molecule has 0 aliphatic heterocycles. The third-order valence-corrected chi connectivity index (χ3v) is 5.37. The molecule has 0 atom stereocenters. The summed E-state index contributed by atoms with van der Waals surface area (Å²) in [7, 11) is 0. The highest BCUT2D eigenvalue weighted by molar-refractivity contribution is 7.13. The lowest BCUT2D eigenvalue weighted by atomic mass is 10.1. The van der Waals surface area contributed by atoms with Gasteiger partial charge in [0.15, 0.2) is 0 Å². The quantitative estimate of drug-likeness (QED) is 0.524. The molecule has 1 aromatic heterocycles. The van der Waals surface area contributed by atoms with Crippen molar-refractivity contribution < 1.29 is 18.0 Å². The topological polar surface area (TPSA) is 42.0 Å². The minimum Gasteiger partial charge on any atom is -0.356 e. The average molecular weight is 418 g/mol. The van der Waals surface area contributed by atoms with E-state index in [1.165, 1.54) is 29.0 Å². The van der Waals surface area contributed by atoms with Crippen LogP contribution in [0.25, 0.3) is 10.6 Å². The molecule has 0 radical (unpaired) electrons. The number of hydrogen-bond acceptors (Lipinski definition) is 3. The summed E-state index contributed by atoms with van der Waals surface area (Å²) in [6.45, 7) is 0.486. The van der Waals surface area contributed by atoms with Crippen molar-refractivity contribution in [3.8, 4) is 10.6 Å². The van der Waals surface area contributed by atoms with Crippen molar-refractivity contribution in [3.05, 3.63) is 76.8 Å². The summed E-state index contributed by atoms with van der Waals surface area (Å²) in [5.41, 5.74) is 2.01. The highest BCUT2D eigenvalue weighted by Crippen LogP contribution is 2.31. The monoisotopic (exact) mass is 418 g/mol. The Bertz CT molecular complexity index is 921. The Morgan fingerprint density at radius 3 is 2.41 bits per heavy atom. The molecule has 0 saturated heterocycles. The summed E-state index contributed by atoms with van der Waals surface area (Å²) >= 11 is 1.38. The number of halogens is 3. The van der Waals surface area contributed by atoms with Gasteiger partial charge in [-0.2, -0.15) is 13.2 Å². The lowest BCUT2D eigenvalue weighted by molar-refractivity contribution is -0.137. The molecule has 0 bridgehead atoms. The van der Waals surface area contributed by atoms with Crippen LogP contribution in [0.3, 0.4) is 0 Å². The van der Waals surface area contributed by atoms with E-state index in [4.69, 9.17) is 0 Å². The first-order valence-electron chi connectivity index (χ1n) is 9.34. The SMILES string of the molecule is O=C(CCCc1ccccc1)NCCc1csc(-c2ccc(C(F)(F)F)cc2)n1. The summed E-state index contributed by atoms with van der Waals surface area (Å²) in [4.78, 5) is 16.4. The van der Waals surface area contributed by atoms with Crippen LogP contribution in [-0.4, -0.2) is 17.4 Å². The molecule has 152 valence electrons. The number of aryl methyl sites for hydroxylation is 1. The van der Waals surface area contributed by atoms with Crippen LogP contribution in [0.5, 0.6) is 0 Å². The molecule has 29 heavy (non-hydrogen) atoms. The first kappa shape index (κ1) is 21.0. The standard InChI is InChI=1S/C22H21F3N2OS/c23-22(24,25)18-11-9-17(10-12-18)21-27-19(15-29-21)13-14-26-20(28)8-4-7-16-5-2-1-3-6-16/h1-3,5-6,9-12,15H,4,7-8,13-14H2,(H,26,28). The zero-order valence-corrected chi connectivity index (χ0v) is 16.5. The molecule has 2 aromatic carbocycles. The van der Waals surface area contributed by atoms with Crippen LogP contribution in [0.15, 0.2) is 60.0 Å². The highest BCUT2D eigenvalue weighted by atomic mass is 32.1. The predicted molar refractivity (Wildman–Crippen MR) is 109 cm³/mol. The maximum Gasteiger partial charge on any atom is 0.416 e. The summed E-state index contributed by atoms with van der Waals surface area (Å²) < 4.78 is 37.9. The molecule has 0 fully saturated rings. The minimum atomic E-state index is -4.34. The molecule has 3 nitrogen and oxygen atoms in total. The highest BCUT2D eigenvalue weighted by Gasteiger charge is 2.30. The molecule has 7 heteroatoms. The number of benzene rings is 2. The van der Waals surface area contributed by atoms with E-state index in [9.17, 15) is 18.0 Å². The van der Waals surface area contributed by atoms with Crippen LogP contribution in [0.4, 0.5) is 13.2 Å². The van der Waals surface area contributed by atoms with Gasteiger partial charge in [-0.3, -0.25) is 4.79 Å². The van der Waals surface area contributed by atoms with Crippen molar-refractivity contribution in [3.63, 3.8) is 0 Å². The van der Waals surface area contributed by atoms with Crippen molar-refractivity contribution in [2.24, 2.45) is 0 Å². The van der Waals surface area contributed by atoms with Gasteiger partial charge in [-0.1, -0.05) is 42.5 Å². The second kappa shape index (κ2) is 9.69. The molecule has 1 N–H and O–H groups in total. The van der Waals surface area contributed by atoms with Gasteiger partial charge in [-0.15, -0.1) is 11.3 Å². The molecule has 3 aromatic rings. The number of nitrogens with zero attached hydrogens (tertiary/aromatic N) is 1. The lowest BCUT2D eigenvalue weighted by Gasteiger charge is -2.06. The molecule has 1 amide bonds. The zero-order valence-electron chi connectivity index (χ0n) is 15.7. The average Bonchev–Trinajstić information content (AvgIpc) is 3.17. The smallest absolute Gasteiger partial charge is 0.356 e. The van der Waals surface area contributed by atoms with Gasteiger partial charge in [0.25, 0.3) is 0 Å². The van der Waals surface area contributed by atoms with Gasteiger partial charge in [0, 0.05) is 30.3 Å². The van der Waals surface area contributed by atoms with Crippen molar-refractivity contribution in [2.75, 3.05) is 6.54 Å². The van der Waals surface area contributed by atoms with Gasteiger partial charge in [-0.05, 0) is 30.5 Å². The van der Waals surface area contributed by atoms with Gasteiger partial charge in [0.1, 0.15) is 5.01 Å². The van der Waals surface area contributed by atoms with E-state index in [-0.39, 0.29) is 5.91 Å². The van der Waals surface area contributed by atoms with Crippen molar-refractivity contribution >= 4 is 17.2 Å². The van der Waals surface area contributed by atoms with Crippen LogP contribution in [-0.2, 0) is 23.8 Å². The number of aromatic nitrogens is 1. The Kier molecular flexibility index (Phi) is 7.04. The van der Waals surface area contributed by atoms with Gasteiger partial charge in [-0.25, -0.2) is 4.98 Å². The van der Waals surface area contributed by atoms with Crippen LogP contribution in [0, 0.1) is 0 Å². The Morgan fingerprint density at radius 2 is 1.72 bits per heavy atom. The second-order valence-electron chi connectivity index (χ2n) is 6.66. The van der Waals surface area contributed by atoms with E-state index in [0.717, 1.165) is 30.7 Å². The number of amides is 1. The van der Waals surface area contributed by atoms with Crippen LogP contribution < -0.4 is 5.32 Å².